The zero-order valence-corrected chi connectivity index (χ0v) is 13.9. The Morgan fingerprint density at radius 3 is 2.87 bits per heavy atom. The molecule has 0 unspecified atom stereocenters. The second-order valence-corrected chi connectivity index (χ2v) is 6.87. The van der Waals surface area contributed by atoms with E-state index in [1.807, 2.05) is 6.07 Å². The van der Waals surface area contributed by atoms with Gasteiger partial charge in [-0.25, -0.2) is 4.68 Å². The zero-order valence-electron chi connectivity index (χ0n) is 12.4. The van der Waals surface area contributed by atoms with Crippen LogP contribution in [0.1, 0.15) is 31.4 Å². The summed E-state index contributed by atoms with van der Waals surface area (Å²) < 4.78 is 1.73. The van der Waals surface area contributed by atoms with E-state index >= 15 is 0 Å². The van der Waals surface area contributed by atoms with Crippen LogP contribution in [0.2, 0.25) is 10.0 Å². The highest BCUT2D eigenvalue weighted by Gasteiger charge is 2.37. The molecule has 0 radical (unpaired) electrons. The standard InChI is InChI=1S/C16H14Cl2N4O/c1-8-4-12-14(13(23)5-8)15(22-16(21-12)19-7-20-22)9-2-3-10(17)11(18)6-9/h2-3,6-8,15H,4-5H2,1H3,(H,19,20,21)/t8-,15+/m0/s1. The molecule has 0 fully saturated rings. The van der Waals surface area contributed by atoms with Gasteiger partial charge in [0.05, 0.1) is 10.0 Å². The molecule has 1 aromatic heterocycles. The molecule has 118 valence electrons. The predicted octanol–water partition coefficient (Wildman–Crippen LogP) is 3.85. The highest BCUT2D eigenvalue weighted by molar-refractivity contribution is 6.42. The molecule has 1 aliphatic heterocycles. The number of hydrogen-bond donors (Lipinski definition) is 1. The van der Waals surface area contributed by atoms with Gasteiger partial charge in [-0.3, -0.25) is 4.79 Å². The fourth-order valence-corrected chi connectivity index (χ4v) is 3.64. The van der Waals surface area contributed by atoms with Gasteiger partial charge in [-0.2, -0.15) is 10.1 Å². The minimum Gasteiger partial charge on any atom is -0.328 e. The average Bonchev–Trinajstić information content (AvgIpc) is 2.95. The average molecular weight is 349 g/mol. The number of carbonyl (C=O) groups excluding carboxylic acids is 1. The lowest BCUT2D eigenvalue weighted by molar-refractivity contribution is -0.117. The van der Waals surface area contributed by atoms with E-state index in [-0.39, 0.29) is 11.8 Å². The van der Waals surface area contributed by atoms with Gasteiger partial charge in [-0.15, -0.1) is 0 Å². The van der Waals surface area contributed by atoms with Crippen molar-refractivity contribution in [2.24, 2.45) is 5.92 Å². The summed E-state index contributed by atoms with van der Waals surface area (Å²) in [4.78, 5) is 16.9. The number of anilines is 1. The van der Waals surface area contributed by atoms with E-state index in [4.69, 9.17) is 23.2 Å². The number of nitrogens with zero attached hydrogens (tertiary/aromatic N) is 3. The van der Waals surface area contributed by atoms with Crippen molar-refractivity contribution < 1.29 is 4.79 Å². The molecule has 2 aliphatic rings. The fourth-order valence-electron chi connectivity index (χ4n) is 3.34. The monoisotopic (exact) mass is 348 g/mol. The van der Waals surface area contributed by atoms with Gasteiger partial charge in [0.25, 0.3) is 0 Å². The second-order valence-electron chi connectivity index (χ2n) is 6.06. The summed E-state index contributed by atoms with van der Waals surface area (Å²) in [6.07, 6.45) is 2.85. The summed E-state index contributed by atoms with van der Waals surface area (Å²) in [7, 11) is 0. The maximum absolute atomic E-state index is 12.7. The summed E-state index contributed by atoms with van der Waals surface area (Å²) in [6, 6.07) is 5.10. The zero-order chi connectivity index (χ0) is 16.1. The number of hydrogen-bond acceptors (Lipinski definition) is 4. The molecule has 23 heavy (non-hydrogen) atoms. The van der Waals surface area contributed by atoms with E-state index in [9.17, 15) is 4.79 Å². The summed E-state index contributed by atoms with van der Waals surface area (Å²) in [5, 5.41) is 8.49. The first-order valence-corrected chi connectivity index (χ1v) is 8.18. The summed E-state index contributed by atoms with van der Waals surface area (Å²) in [6.45, 7) is 2.08. The van der Waals surface area contributed by atoms with Crippen molar-refractivity contribution >= 4 is 34.9 Å². The van der Waals surface area contributed by atoms with Gasteiger partial charge in [-0.1, -0.05) is 36.2 Å². The molecule has 4 rings (SSSR count). The first kappa shape index (κ1) is 14.7. The molecule has 2 atom stereocenters. The third-order valence-electron chi connectivity index (χ3n) is 4.33. The van der Waals surface area contributed by atoms with Crippen LogP contribution in [-0.2, 0) is 4.79 Å². The van der Waals surface area contributed by atoms with Crippen molar-refractivity contribution in [3.05, 3.63) is 51.4 Å². The van der Waals surface area contributed by atoms with Crippen LogP contribution in [0.4, 0.5) is 5.95 Å². The van der Waals surface area contributed by atoms with Crippen molar-refractivity contribution in [2.45, 2.75) is 25.8 Å². The Balaban J connectivity index is 1.91. The van der Waals surface area contributed by atoms with Crippen LogP contribution in [0.3, 0.4) is 0 Å². The van der Waals surface area contributed by atoms with Crippen LogP contribution >= 0.6 is 23.2 Å². The van der Waals surface area contributed by atoms with Gasteiger partial charge in [-0.05, 0) is 30.0 Å². The maximum atomic E-state index is 12.7. The lowest BCUT2D eigenvalue weighted by atomic mass is 9.81. The lowest BCUT2D eigenvalue weighted by Gasteiger charge is -2.34. The van der Waals surface area contributed by atoms with Gasteiger partial charge in [0.2, 0.25) is 5.95 Å². The van der Waals surface area contributed by atoms with Crippen LogP contribution < -0.4 is 5.32 Å². The van der Waals surface area contributed by atoms with Crippen LogP contribution in [-0.4, -0.2) is 20.5 Å². The number of halogens is 2. The van der Waals surface area contributed by atoms with Gasteiger partial charge >= 0.3 is 0 Å². The molecule has 1 aromatic carbocycles. The van der Waals surface area contributed by atoms with E-state index < -0.39 is 0 Å². The van der Waals surface area contributed by atoms with Gasteiger partial charge < -0.3 is 5.32 Å². The molecular weight excluding hydrogens is 335 g/mol. The molecule has 2 aromatic rings. The normalized spacial score (nSPS) is 23.3. The molecule has 0 saturated carbocycles. The summed E-state index contributed by atoms with van der Waals surface area (Å²) in [5.74, 6) is 1.10. The quantitative estimate of drug-likeness (QED) is 0.850. The van der Waals surface area contributed by atoms with E-state index in [1.54, 1.807) is 16.8 Å². The van der Waals surface area contributed by atoms with E-state index in [0.717, 1.165) is 23.3 Å². The Kier molecular flexibility index (Phi) is 3.43. The number of benzene rings is 1. The number of allylic oxidation sites excluding steroid dienone is 2. The van der Waals surface area contributed by atoms with Crippen LogP contribution in [0.25, 0.3) is 0 Å². The van der Waals surface area contributed by atoms with Crippen LogP contribution in [0.15, 0.2) is 35.8 Å². The van der Waals surface area contributed by atoms with Crippen LogP contribution in [0, 0.1) is 5.92 Å². The first-order valence-electron chi connectivity index (χ1n) is 7.42. The van der Waals surface area contributed by atoms with Gasteiger partial charge in [0.1, 0.15) is 12.4 Å². The molecule has 5 nitrogen and oxygen atoms in total. The van der Waals surface area contributed by atoms with Crippen molar-refractivity contribution in [1.82, 2.24) is 14.8 Å². The highest BCUT2D eigenvalue weighted by atomic mass is 35.5. The Labute approximate surface area is 143 Å². The number of rotatable bonds is 1. The number of fused-ring (bicyclic) bond motifs is 1. The summed E-state index contributed by atoms with van der Waals surface area (Å²) in [5.41, 5.74) is 2.56. The summed E-state index contributed by atoms with van der Waals surface area (Å²) >= 11 is 12.2. The minimum absolute atomic E-state index is 0.142. The predicted molar refractivity (Wildman–Crippen MR) is 88.7 cm³/mol. The largest absolute Gasteiger partial charge is 0.328 e. The molecule has 2 heterocycles. The smallest absolute Gasteiger partial charge is 0.226 e. The van der Waals surface area contributed by atoms with Crippen molar-refractivity contribution in [3.8, 4) is 0 Å². The number of carbonyl (C=O) groups is 1. The van der Waals surface area contributed by atoms with Crippen molar-refractivity contribution in [2.75, 3.05) is 5.32 Å². The molecule has 0 saturated heterocycles. The Bertz CT molecular complexity index is 842. The Hall–Kier alpha value is -1.85. The number of aromatic nitrogens is 3. The lowest BCUT2D eigenvalue weighted by Crippen LogP contribution is -2.33. The second kappa shape index (κ2) is 5.35. The molecule has 1 aliphatic carbocycles. The SMILES string of the molecule is C[C@@H]1CC(=O)C2=C(C1)Nc1ncnn1[C@@H]2c1ccc(Cl)c(Cl)c1. The number of nitrogens with one attached hydrogen (secondary N) is 1. The molecule has 0 amide bonds. The fraction of sp³-hybridized carbons (Fsp3) is 0.312. The van der Waals surface area contributed by atoms with Gasteiger partial charge in [0, 0.05) is 17.7 Å². The Morgan fingerprint density at radius 2 is 2.09 bits per heavy atom. The highest BCUT2D eigenvalue weighted by Crippen LogP contribution is 2.41. The van der Waals surface area contributed by atoms with E-state index in [1.165, 1.54) is 6.33 Å². The minimum atomic E-state index is -0.321. The topological polar surface area (TPSA) is 59.8 Å². The molecule has 7 heteroatoms. The van der Waals surface area contributed by atoms with E-state index in [0.29, 0.717) is 28.3 Å². The molecule has 0 bridgehead atoms. The molecule has 0 spiro atoms. The van der Waals surface area contributed by atoms with E-state index in [2.05, 4.69) is 22.3 Å². The van der Waals surface area contributed by atoms with Crippen LogP contribution in [0.5, 0.6) is 0 Å². The third kappa shape index (κ3) is 2.35. The number of ketones is 1. The van der Waals surface area contributed by atoms with Crippen molar-refractivity contribution in [1.29, 1.82) is 0 Å². The first-order chi connectivity index (χ1) is 11.0. The third-order valence-corrected chi connectivity index (χ3v) is 5.06. The molecule has 1 N–H and O–H groups in total. The van der Waals surface area contributed by atoms with Crippen molar-refractivity contribution in [3.63, 3.8) is 0 Å². The van der Waals surface area contributed by atoms with Gasteiger partial charge in [0.15, 0.2) is 5.78 Å². The maximum Gasteiger partial charge on any atom is 0.226 e. The Morgan fingerprint density at radius 1 is 1.26 bits per heavy atom. The number of Topliss-reactive ketones (excluding diaryl/α,β-unsaturated/α-hetero) is 1. The molecular formula is C16H14Cl2N4O.